The summed E-state index contributed by atoms with van der Waals surface area (Å²) < 4.78 is 0. The van der Waals surface area contributed by atoms with Gasteiger partial charge in [-0.2, -0.15) is 5.11 Å². The first kappa shape index (κ1) is 13.2. The Balaban J connectivity index is 1.91. The van der Waals surface area contributed by atoms with Crippen LogP contribution in [0.3, 0.4) is 0 Å². The number of carbonyl (C=O) groups excluding carboxylic acids is 1. The second-order valence-corrected chi connectivity index (χ2v) is 7.91. The minimum Gasteiger partial charge on any atom is -0.342 e. The Hall–Kier alpha value is -1.45. The molecular weight excluding hydrogens is 262 g/mol. The average Bonchev–Trinajstić information content (AvgIpc) is 2.96. The molecule has 1 fully saturated rings. The van der Waals surface area contributed by atoms with Crippen molar-refractivity contribution in [2.24, 2.45) is 27.0 Å². The largest absolute Gasteiger partial charge is 0.342 e. The van der Waals surface area contributed by atoms with Crippen LogP contribution in [0, 0.1) is 16.7 Å². The number of fused-ring (bicyclic) bond motifs is 2. The van der Waals surface area contributed by atoms with Crippen molar-refractivity contribution < 1.29 is 4.79 Å². The molecule has 0 amide bonds. The first-order valence-corrected chi connectivity index (χ1v) is 8.09. The van der Waals surface area contributed by atoms with Crippen LogP contribution in [-0.2, 0) is 4.79 Å². The SMILES string of the molecule is CC1CCCC12C1=C(N=NC1)NC1=C2C(=O)CC(C)(C)C1. The molecule has 4 heteroatoms. The van der Waals surface area contributed by atoms with E-state index < -0.39 is 0 Å². The molecule has 1 N–H and O–H groups in total. The smallest absolute Gasteiger partial charge is 0.162 e. The van der Waals surface area contributed by atoms with Gasteiger partial charge in [-0.1, -0.05) is 27.2 Å². The van der Waals surface area contributed by atoms with Gasteiger partial charge in [0.05, 0.1) is 6.54 Å². The molecule has 2 aliphatic heterocycles. The van der Waals surface area contributed by atoms with E-state index in [0.29, 0.717) is 24.7 Å². The molecule has 1 spiro atoms. The van der Waals surface area contributed by atoms with E-state index in [9.17, 15) is 4.79 Å². The lowest BCUT2D eigenvalue weighted by molar-refractivity contribution is -0.119. The van der Waals surface area contributed by atoms with E-state index in [1.54, 1.807) is 0 Å². The van der Waals surface area contributed by atoms with Crippen LogP contribution in [0.15, 0.2) is 32.9 Å². The molecule has 4 rings (SSSR count). The summed E-state index contributed by atoms with van der Waals surface area (Å²) in [6, 6.07) is 0. The van der Waals surface area contributed by atoms with Gasteiger partial charge in [0.2, 0.25) is 0 Å². The molecule has 2 atom stereocenters. The van der Waals surface area contributed by atoms with Gasteiger partial charge in [0, 0.05) is 28.7 Å². The summed E-state index contributed by atoms with van der Waals surface area (Å²) in [5, 5.41) is 12.0. The molecule has 0 aromatic rings. The van der Waals surface area contributed by atoms with E-state index in [0.717, 1.165) is 29.9 Å². The monoisotopic (exact) mass is 285 g/mol. The Morgan fingerprint density at radius 1 is 1.29 bits per heavy atom. The summed E-state index contributed by atoms with van der Waals surface area (Å²) >= 11 is 0. The first-order valence-electron chi connectivity index (χ1n) is 8.09. The minimum atomic E-state index is -0.0764. The normalized spacial score (nSPS) is 37.1. The van der Waals surface area contributed by atoms with Crippen LogP contribution < -0.4 is 5.32 Å². The van der Waals surface area contributed by atoms with Gasteiger partial charge in [-0.15, -0.1) is 5.11 Å². The maximum Gasteiger partial charge on any atom is 0.162 e. The highest BCUT2D eigenvalue weighted by Crippen LogP contribution is 2.60. The van der Waals surface area contributed by atoms with Crippen molar-refractivity contribution in [3.05, 3.63) is 22.7 Å². The van der Waals surface area contributed by atoms with Crippen LogP contribution in [0.4, 0.5) is 0 Å². The van der Waals surface area contributed by atoms with Crippen LogP contribution in [0.5, 0.6) is 0 Å². The fraction of sp³-hybridized carbons (Fsp3) is 0.706. The Bertz CT molecular complexity index is 626. The molecule has 112 valence electrons. The highest BCUT2D eigenvalue weighted by atomic mass is 16.1. The number of allylic oxidation sites excluding steroid dienone is 2. The van der Waals surface area contributed by atoms with Crippen LogP contribution >= 0.6 is 0 Å². The summed E-state index contributed by atoms with van der Waals surface area (Å²) in [6.45, 7) is 7.33. The van der Waals surface area contributed by atoms with Crippen molar-refractivity contribution in [1.29, 1.82) is 0 Å². The molecule has 2 unspecified atom stereocenters. The summed E-state index contributed by atoms with van der Waals surface area (Å²) in [6.07, 6.45) is 5.09. The van der Waals surface area contributed by atoms with Crippen LogP contribution in [0.2, 0.25) is 0 Å². The average molecular weight is 285 g/mol. The van der Waals surface area contributed by atoms with E-state index in [1.165, 1.54) is 18.4 Å². The van der Waals surface area contributed by atoms with Crippen LogP contribution in [0.1, 0.15) is 52.9 Å². The van der Waals surface area contributed by atoms with Crippen molar-refractivity contribution in [2.75, 3.05) is 6.54 Å². The molecule has 0 radical (unpaired) electrons. The molecule has 1 saturated carbocycles. The third-order valence-corrected chi connectivity index (χ3v) is 5.86. The topological polar surface area (TPSA) is 53.8 Å². The van der Waals surface area contributed by atoms with E-state index in [-0.39, 0.29) is 10.8 Å². The summed E-state index contributed by atoms with van der Waals surface area (Å²) in [7, 11) is 0. The van der Waals surface area contributed by atoms with Crippen molar-refractivity contribution in [1.82, 2.24) is 5.32 Å². The maximum absolute atomic E-state index is 13.0. The second-order valence-electron chi connectivity index (χ2n) is 7.91. The number of hydrogen-bond donors (Lipinski definition) is 1. The molecule has 0 aromatic heterocycles. The van der Waals surface area contributed by atoms with E-state index in [4.69, 9.17) is 0 Å². The minimum absolute atomic E-state index is 0.0414. The van der Waals surface area contributed by atoms with Crippen LogP contribution in [-0.4, -0.2) is 12.3 Å². The second kappa shape index (κ2) is 4.05. The number of hydrogen-bond acceptors (Lipinski definition) is 4. The molecular formula is C17H23N3O. The number of dihydropyridines is 1. The standard InChI is InChI=1S/C17H23N3O/c1-10-5-4-6-17(10)11-9-18-20-15(11)19-12-7-16(2,3)8-13(21)14(12)17/h10,19H,4-9H2,1-3H3. The highest BCUT2D eigenvalue weighted by Gasteiger charge is 2.55. The Kier molecular flexibility index (Phi) is 2.55. The third kappa shape index (κ3) is 1.65. The lowest BCUT2D eigenvalue weighted by Crippen LogP contribution is -2.45. The van der Waals surface area contributed by atoms with Crippen molar-refractivity contribution >= 4 is 5.78 Å². The predicted molar refractivity (Wildman–Crippen MR) is 80.4 cm³/mol. The Morgan fingerprint density at radius 2 is 2.10 bits per heavy atom. The Labute approximate surface area is 125 Å². The number of Topliss-reactive ketones (excluding diaryl/α,β-unsaturated/α-hetero) is 1. The lowest BCUT2D eigenvalue weighted by Gasteiger charge is -2.46. The summed E-state index contributed by atoms with van der Waals surface area (Å²) in [5.41, 5.74) is 3.45. The molecule has 0 aromatic carbocycles. The Morgan fingerprint density at radius 3 is 2.81 bits per heavy atom. The first-order chi connectivity index (χ1) is 9.94. The van der Waals surface area contributed by atoms with Gasteiger partial charge in [-0.25, -0.2) is 0 Å². The van der Waals surface area contributed by atoms with Gasteiger partial charge in [-0.05, 0) is 30.6 Å². The number of nitrogens with zero attached hydrogens (tertiary/aromatic N) is 2. The maximum atomic E-state index is 13.0. The summed E-state index contributed by atoms with van der Waals surface area (Å²) in [5.74, 6) is 1.80. The molecule has 2 aliphatic carbocycles. The fourth-order valence-electron chi connectivity index (χ4n) is 5.00. The number of ketones is 1. The fourth-order valence-corrected chi connectivity index (χ4v) is 5.00. The number of azo groups is 1. The number of rotatable bonds is 0. The van der Waals surface area contributed by atoms with Gasteiger partial charge in [0.1, 0.15) is 0 Å². The third-order valence-electron chi connectivity index (χ3n) is 5.86. The number of nitrogens with one attached hydrogen (secondary N) is 1. The molecule has 21 heavy (non-hydrogen) atoms. The van der Waals surface area contributed by atoms with Crippen molar-refractivity contribution in [3.63, 3.8) is 0 Å². The zero-order chi connectivity index (χ0) is 14.8. The zero-order valence-corrected chi connectivity index (χ0v) is 13.1. The van der Waals surface area contributed by atoms with Crippen molar-refractivity contribution in [2.45, 2.75) is 52.9 Å². The summed E-state index contributed by atoms with van der Waals surface area (Å²) in [4.78, 5) is 13.0. The van der Waals surface area contributed by atoms with E-state index >= 15 is 0 Å². The van der Waals surface area contributed by atoms with Gasteiger partial charge in [0.15, 0.2) is 11.6 Å². The van der Waals surface area contributed by atoms with Gasteiger partial charge < -0.3 is 5.32 Å². The van der Waals surface area contributed by atoms with Gasteiger partial charge in [0.25, 0.3) is 0 Å². The molecule has 4 aliphatic rings. The molecule has 0 bridgehead atoms. The quantitative estimate of drug-likeness (QED) is 0.737. The van der Waals surface area contributed by atoms with Gasteiger partial charge in [-0.3, -0.25) is 4.79 Å². The predicted octanol–water partition coefficient (Wildman–Crippen LogP) is 3.72. The number of carbonyl (C=O) groups is 1. The zero-order valence-electron chi connectivity index (χ0n) is 13.1. The van der Waals surface area contributed by atoms with Gasteiger partial charge >= 0.3 is 0 Å². The molecule has 0 saturated heterocycles. The highest BCUT2D eigenvalue weighted by molar-refractivity contribution is 6.00. The molecule has 4 nitrogen and oxygen atoms in total. The van der Waals surface area contributed by atoms with Crippen molar-refractivity contribution in [3.8, 4) is 0 Å². The molecule has 2 heterocycles. The van der Waals surface area contributed by atoms with E-state index in [2.05, 4.69) is 36.3 Å². The van der Waals surface area contributed by atoms with Crippen LogP contribution in [0.25, 0.3) is 0 Å². The lowest BCUT2D eigenvalue weighted by atomic mass is 9.60. The van der Waals surface area contributed by atoms with E-state index in [1.807, 2.05) is 0 Å².